The predicted octanol–water partition coefficient (Wildman–Crippen LogP) is 0.842. The van der Waals surface area contributed by atoms with Gasteiger partial charge in [-0.1, -0.05) is 0 Å². The maximum Gasteiger partial charge on any atom is 0.106 e. The Morgan fingerprint density at radius 2 is 1.65 bits per heavy atom. The minimum absolute atomic E-state index is 0.277. The Bertz CT molecular complexity index is 172. The van der Waals surface area contributed by atoms with Crippen LogP contribution in [0.5, 0.6) is 0 Å². The third-order valence-electron chi connectivity index (χ3n) is 2.61. The largest absolute Gasteiger partial charge is 0.388 e. The van der Waals surface area contributed by atoms with Crippen molar-refractivity contribution >= 4 is 0 Å². The van der Waals surface area contributed by atoms with E-state index in [4.69, 9.17) is 18.9 Å². The minimum atomic E-state index is -0.623. The van der Waals surface area contributed by atoms with Gasteiger partial charge in [-0.05, 0) is 20.3 Å². The third kappa shape index (κ3) is 8.51. The second-order valence-electron chi connectivity index (χ2n) is 4.36. The van der Waals surface area contributed by atoms with Crippen molar-refractivity contribution in [3.05, 3.63) is 0 Å². The van der Waals surface area contributed by atoms with Crippen molar-refractivity contribution in [1.29, 1.82) is 0 Å². The fourth-order valence-corrected chi connectivity index (χ4v) is 1.04. The molecule has 0 aliphatic rings. The van der Waals surface area contributed by atoms with Crippen molar-refractivity contribution in [1.82, 2.24) is 0 Å². The van der Waals surface area contributed by atoms with Gasteiger partial charge in [0.05, 0.1) is 25.4 Å². The van der Waals surface area contributed by atoms with Crippen LogP contribution in [0.15, 0.2) is 0 Å². The van der Waals surface area contributed by atoms with Crippen LogP contribution < -0.4 is 0 Å². The number of methoxy groups -OCH3 is 2. The first-order valence-electron chi connectivity index (χ1n) is 5.92. The molecular formula is C12H26O5. The second-order valence-corrected chi connectivity index (χ2v) is 4.36. The quantitative estimate of drug-likeness (QED) is 0.551. The molecule has 0 amide bonds. The van der Waals surface area contributed by atoms with Gasteiger partial charge in [0.1, 0.15) is 6.10 Å². The monoisotopic (exact) mass is 250 g/mol. The Hall–Kier alpha value is -0.200. The van der Waals surface area contributed by atoms with Gasteiger partial charge in [-0.25, -0.2) is 0 Å². The molecule has 0 fully saturated rings. The van der Waals surface area contributed by atoms with Gasteiger partial charge in [-0.15, -0.1) is 0 Å². The van der Waals surface area contributed by atoms with Crippen LogP contribution in [0.4, 0.5) is 0 Å². The highest BCUT2D eigenvalue weighted by atomic mass is 16.5. The van der Waals surface area contributed by atoms with Crippen LogP contribution in [-0.2, 0) is 18.9 Å². The smallest absolute Gasteiger partial charge is 0.106 e. The van der Waals surface area contributed by atoms with E-state index < -0.39 is 11.7 Å². The fraction of sp³-hybridized carbons (Fsp3) is 1.00. The fourth-order valence-electron chi connectivity index (χ4n) is 1.04. The molecule has 5 nitrogen and oxygen atoms in total. The first-order chi connectivity index (χ1) is 8.04. The molecule has 1 unspecified atom stereocenters. The van der Waals surface area contributed by atoms with E-state index in [0.29, 0.717) is 26.4 Å². The zero-order valence-corrected chi connectivity index (χ0v) is 11.4. The summed E-state index contributed by atoms with van der Waals surface area (Å²) < 4.78 is 20.6. The summed E-state index contributed by atoms with van der Waals surface area (Å²) in [5.41, 5.74) is -0.574. The van der Waals surface area contributed by atoms with Crippen LogP contribution >= 0.6 is 0 Å². The highest BCUT2D eigenvalue weighted by molar-refractivity contribution is 4.77. The maximum absolute atomic E-state index is 9.75. The van der Waals surface area contributed by atoms with E-state index >= 15 is 0 Å². The van der Waals surface area contributed by atoms with Crippen LogP contribution in [0.2, 0.25) is 0 Å². The van der Waals surface area contributed by atoms with E-state index in [1.807, 2.05) is 13.8 Å². The molecule has 0 aromatic rings. The first kappa shape index (κ1) is 16.8. The van der Waals surface area contributed by atoms with Crippen molar-refractivity contribution in [2.45, 2.75) is 32.0 Å². The number of aliphatic hydroxyl groups excluding tert-OH is 1. The molecular weight excluding hydrogens is 224 g/mol. The van der Waals surface area contributed by atoms with E-state index in [0.717, 1.165) is 6.42 Å². The van der Waals surface area contributed by atoms with Crippen molar-refractivity contribution in [3.63, 3.8) is 0 Å². The lowest BCUT2D eigenvalue weighted by Gasteiger charge is -2.28. The molecule has 0 aliphatic heterocycles. The average Bonchev–Trinajstić information content (AvgIpc) is 2.32. The lowest BCUT2D eigenvalue weighted by Crippen LogP contribution is -2.41. The normalized spacial score (nSPS) is 13.9. The van der Waals surface area contributed by atoms with Crippen LogP contribution in [0.25, 0.3) is 0 Å². The predicted molar refractivity (Wildman–Crippen MR) is 65.2 cm³/mol. The van der Waals surface area contributed by atoms with E-state index in [1.165, 1.54) is 0 Å². The molecule has 0 aromatic carbocycles. The summed E-state index contributed by atoms with van der Waals surface area (Å²) in [5.74, 6) is 0. The Morgan fingerprint density at radius 3 is 2.24 bits per heavy atom. The Morgan fingerprint density at radius 1 is 1.00 bits per heavy atom. The zero-order valence-electron chi connectivity index (χ0n) is 11.4. The molecule has 0 saturated carbocycles. The third-order valence-corrected chi connectivity index (χ3v) is 2.61. The molecule has 0 radical (unpaired) electrons. The Balaban J connectivity index is 3.34. The zero-order chi connectivity index (χ0) is 13.1. The lowest BCUT2D eigenvalue weighted by atomic mass is 10.0. The van der Waals surface area contributed by atoms with Gasteiger partial charge in [0.25, 0.3) is 0 Å². The molecule has 5 heteroatoms. The molecule has 0 bridgehead atoms. The topological polar surface area (TPSA) is 57.2 Å². The van der Waals surface area contributed by atoms with Crippen LogP contribution in [0.1, 0.15) is 20.3 Å². The van der Waals surface area contributed by atoms with Crippen molar-refractivity contribution < 1.29 is 24.1 Å². The summed E-state index contributed by atoms with van der Waals surface area (Å²) in [6.45, 7) is 6.37. The molecule has 0 heterocycles. The summed E-state index contributed by atoms with van der Waals surface area (Å²) >= 11 is 0. The van der Waals surface area contributed by atoms with E-state index in [2.05, 4.69) is 0 Å². The summed E-state index contributed by atoms with van der Waals surface area (Å²) in [5, 5.41) is 9.75. The van der Waals surface area contributed by atoms with Gasteiger partial charge in [-0.3, -0.25) is 0 Å². The van der Waals surface area contributed by atoms with Crippen molar-refractivity contribution in [2.24, 2.45) is 0 Å². The average molecular weight is 250 g/mol. The SMILES string of the molecule is COCCOCCCOCC(O)C(C)(C)OC. The van der Waals surface area contributed by atoms with Crippen LogP contribution in [0, 0.1) is 0 Å². The molecule has 0 aliphatic carbocycles. The van der Waals surface area contributed by atoms with Gasteiger partial charge in [0.2, 0.25) is 0 Å². The molecule has 0 saturated heterocycles. The van der Waals surface area contributed by atoms with Crippen LogP contribution in [0.3, 0.4) is 0 Å². The Kier molecular flexibility index (Phi) is 9.68. The van der Waals surface area contributed by atoms with E-state index in [1.54, 1.807) is 14.2 Å². The standard InChI is InChI=1S/C12H26O5/c1-12(2,15-4)11(13)10-17-7-5-6-16-9-8-14-3/h11,13H,5-10H2,1-4H3. The summed E-state index contributed by atoms with van der Waals surface area (Å²) in [7, 11) is 3.22. The maximum atomic E-state index is 9.75. The second kappa shape index (κ2) is 9.79. The molecule has 104 valence electrons. The number of ether oxygens (including phenoxy) is 4. The molecule has 0 spiro atoms. The number of hydrogen-bond donors (Lipinski definition) is 1. The lowest BCUT2D eigenvalue weighted by molar-refractivity contribution is -0.107. The molecule has 1 N–H and O–H groups in total. The molecule has 17 heavy (non-hydrogen) atoms. The van der Waals surface area contributed by atoms with E-state index in [9.17, 15) is 5.11 Å². The van der Waals surface area contributed by atoms with Crippen molar-refractivity contribution in [3.8, 4) is 0 Å². The number of aliphatic hydroxyl groups is 1. The van der Waals surface area contributed by atoms with Gasteiger partial charge in [0.15, 0.2) is 0 Å². The first-order valence-corrected chi connectivity index (χ1v) is 5.92. The molecule has 1 atom stereocenters. The molecule has 0 aromatic heterocycles. The van der Waals surface area contributed by atoms with Gasteiger partial charge in [0, 0.05) is 27.4 Å². The van der Waals surface area contributed by atoms with E-state index in [-0.39, 0.29) is 6.61 Å². The van der Waals surface area contributed by atoms with Gasteiger partial charge < -0.3 is 24.1 Å². The number of hydrogen-bond acceptors (Lipinski definition) is 5. The van der Waals surface area contributed by atoms with Crippen LogP contribution in [-0.4, -0.2) is 64.1 Å². The highest BCUT2D eigenvalue weighted by Gasteiger charge is 2.27. The van der Waals surface area contributed by atoms with Gasteiger partial charge in [-0.2, -0.15) is 0 Å². The summed E-state index contributed by atoms with van der Waals surface area (Å²) in [6.07, 6.45) is 0.186. The number of rotatable bonds is 11. The summed E-state index contributed by atoms with van der Waals surface area (Å²) in [4.78, 5) is 0. The highest BCUT2D eigenvalue weighted by Crippen LogP contribution is 2.13. The van der Waals surface area contributed by atoms with Crippen molar-refractivity contribution in [2.75, 3.05) is 47.3 Å². The summed E-state index contributed by atoms with van der Waals surface area (Å²) in [6, 6.07) is 0. The minimum Gasteiger partial charge on any atom is -0.388 e. The van der Waals surface area contributed by atoms with Gasteiger partial charge >= 0.3 is 0 Å². The Labute approximate surface area is 104 Å². The molecule has 0 rings (SSSR count).